The summed E-state index contributed by atoms with van der Waals surface area (Å²) in [6.45, 7) is 7.06. The lowest BCUT2D eigenvalue weighted by atomic mass is 9.94. The molecule has 0 radical (unpaired) electrons. The van der Waals surface area contributed by atoms with Crippen molar-refractivity contribution in [2.45, 2.75) is 20.5 Å². The Hall–Kier alpha value is -0.0452. The van der Waals surface area contributed by atoms with Gasteiger partial charge in [-0.05, 0) is 20.5 Å². The molecule has 6 nitrogen and oxygen atoms in total. The molecule has 0 atom stereocenters. The first-order valence-electron chi connectivity index (χ1n) is 4.88. The third kappa shape index (κ3) is 6.19. The molecule has 3 saturated heterocycles. The molecule has 0 aromatic heterocycles. The molecule has 3 aliphatic rings. The van der Waals surface area contributed by atoms with Crippen LogP contribution in [-0.4, -0.2) is 41.7 Å². The lowest BCUT2D eigenvalue weighted by Gasteiger charge is -2.18. The maximum absolute atomic E-state index is 4.71. The zero-order valence-electron chi connectivity index (χ0n) is 9.30. The molecule has 9 heteroatoms. The number of rotatable bonds is 0. The van der Waals surface area contributed by atoms with Gasteiger partial charge in [-0.3, -0.25) is 0 Å². The van der Waals surface area contributed by atoms with Crippen LogP contribution in [0.4, 0.5) is 0 Å². The van der Waals surface area contributed by atoms with E-state index in [0.717, 1.165) is 0 Å². The summed E-state index contributed by atoms with van der Waals surface area (Å²) in [6, 6.07) is 0. The molecule has 0 amide bonds. The molecule has 0 bridgehead atoms. The van der Waals surface area contributed by atoms with Crippen molar-refractivity contribution in [3.63, 3.8) is 0 Å². The van der Waals surface area contributed by atoms with Crippen molar-refractivity contribution in [3.05, 3.63) is 0 Å². The Morgan fingerprint density at radius 2 is 0.667 bits per heavy atom. The van der Waals surface area contributed by atoms with E-state index in [9.17, 15) is 0 Å². The Kier molecular flexibility index (Phi) is 6.31. The lowest BCUT2D eigenvalue weighted by Crippen LogP contribution is -2.31. The fraction of sp³-hybridized carbons (Fsp3) is 1.00. The SMILES string of the molecule is CB1OCO1.CB1OCO1.CB1OCO1. The summed E-state index contributed by atoms with van der Waals surface area (Å²) >= 11 is 0. The summed E-state index contributed by atoms with van der Waals surface area (Å²) in [7, 11) is 0.194. The number of hydrogen-bond donors (Lipinski definition) is 0. The Morgan fingerprint density at radius 3 is 0.667 bits per heavy atom. The van der Waals surface area contributed by atoms with Gasteiger partial charge in [0.25, 0.3) is 0 Å². The molecule has 0 aromatic carbocycles. The van der Waals surface area contributed by atoms with Crippen LogP contribution in [0, 0.1) is 0 Å². The standard InChI is InChI=1S/3C2H5BO2/c3*1-3-4-2-5-3/h3*2H2,1H3. The maximum atomic E-state index is 4.71. The van der Waals surface area contributed by atoms with Gasteiger partial charge in [0.15, 0.2) is 0 Å². The summed E-state index contributed by atoms with van der Waals surface area (Å²) in [5.41, 5.74) is 0. The second kappa shape index (κ2) is 7.26. The molecular weight excluding hydrogens is 200 g/mol. The van der Waals surface area contributed by atoms with Gasteiger partial charge in [0.2, 0.25) is 0 Å². The van der Waals surface area contributed by atoms with E-state index in [0.29, 0.717) is 20.4 Å². The van der Waals surface area contributed by atoms with Crippen LogP contribution in [0.2, 0.25) is 20.5 Å². The van der Waals surface area contributed by atoms with Gasteiger partial charge in [-0.15, -0.1) is 0 Å². The van der Waals surface area contributed by atoms with Crippen LogP contribution in [0.15, 0.2) is 0 Å². The Labute approximate surface area is 90.9 Å². The molecule has 3 rings (SSSR count). The first-order chi connectivity index (χ1) is 7.18. The fourth-order valence-corrected chi connectivity index (χ4v) is 0.612. The molecule has 3 aliphatic heterocycles. The van der Waals surface area contributed by atoms with Crippen LogP contribution >= 0.6 is 0 Å². The van der Waals surface area contributed by atoms with E-state index >= 15 is 0 Å². The third-order valence-electron chi connectivity index (χ3n) is 1.82. The van der Waals surface area contributed by atoms with E-state index in [2.05, 4.69) is 0 Å². The van der Waals surface area contributed by atoms with Crippen molar-refractivity contribution in [3.8, 4) is 0 Å². The summed E-state index contributed by atoms with van der Waals surface area (Å²) in [5, 5.41) is 0. The van der Waals surface area contributed by atoms with Gasteiger partial charge in [-0.25, -0.2) is 0 Å². The Bertz CT molecular complexity index is 132. The first-order valence-corrected chi connectivity index (χ1v) is 4.88. The van der Waals surface area contributed by atoms with Gasteiger partial charge in [0.1, 0.15) is 20.4 Å². The van der Waals surface area contributed by atoms with Gasteiger partial charge < -0.3 is 27.9 Å². The maximum Gasteiger partial charge on any atom is 0.456 e. The van der Waals surface area contributed by atoms with Crippen LogP contribution < -0.4 is 0 Å². The van der Waals surface area contributed by atoms with E-state index in [4.69, 9.17) is 27.9 Å². The second-order valence-electron chi connectivity index (χ2n) is 3.06. The highest BCUT2D eigenvalue weighted by atomic mass is 16.8. The highest BCUT2D eigenvalue weighted by Crippen LogP contribution is 1.98. The molecule has 0 unspecified atom stereocenters. The second-order valence-corrected chi connectivity index (χ2v) is 3.06. The van der Waals surface area contributed by atoms with E-state index < -0.39 is 0 Å². The molecule has 0 aliphatic carbocycles. The Morgan fingerprint density at radius 1 is 0.533 bits per heavy atom. The molecule has 3 heterocycles. The summed E-state index contributed by atoms with van der Waals surface area (Å²) in [4.78, 5) is 0. The van der Waals surface area contributed by atoms with Gasteiger partial charge >= 0.3 is 21.4 Å². The van der Waals surface area contributed by atoms with Crippen LogP contribution in [0.3, 0.4) is 0 Å². The molecule has 0 saturated carbocycles. The van der Waals surface area contributed by atoms with E-state index in [1.807, 2.05) is 20.5 Å². The number of hydrogen-bond acceptors (Lipinski definition) is 6. The van der Waals surface area contributed by atoms with E-state index in [-0.39, 0.29) is 21.4 Å². The van der Waals surface area contributed by atoms with Crippen LogP contribution in [0.25, 0.3) is 0 Å². The van der Waals surface area contributed by atoms with Crippen LogP contribution in [-0.2, 0) is 27.9 Å². The average molecular weight is 216 g/mol. The molecule has 3 fully saturated rings. The van der Waals surface area contributed by atoms with Crippen molar-refractivity contribution in [2.75, 3.05) is 20.4 Å². The quantitative estimate of drug-likeness (QED) is 0.543. The zero-order chi connectivity index (χ0) is 11.1. The fourth-order valence-electron chi connectivity index (χ4n) is 0.612. The van der Waals surface area contributed by atoms with Gasteiger partial charge in [0.05, 0.1) is 0 Å². The van der Waals surface area contributed by atoms with Gasteiger partial charge in [-0.1, -0.05) is 0 Å². The predicted octanol–water partition coefficient (Wildman–Crippen LogP) is 0.326. The highest BCUT2D eigenvalue weighted by Gasteiger charge is 2.18. The van der Waals surface area contributed by atoms with Crippen LogP contribution in [0.1, 0.15) is 0 Å². The average Bonchev–Trinajstić information content (AvgIpc) is 2.10. The minimum absolute atomic E-state index is 0.0648. The molecule has 84 valence electrons. The van der Waals surface area contributed by atoms with Gasteiger partial charge in [-0.2, -0.15) is 0 Å². The van der Waals surface area contributed by atoms with Crippen molar-refractivity contribution >= 4 is 21.4 Å². The Balaban J connectivity index is 0.000000112. The largest absolute Gasteiger partial charge is 0.456 e. The van der Waals surface area contributed by atoms with E-state index in [1.54, 1.807) is 0 Å². The summed E-state index contributed by atoms with van der Waals surface area (Å²) in [6.07, 6.45) is 0. The predicted molar refractivity (Wildman–Crippen MR) is 56.0 cm³/mol. The van der Waals surface area contributed by atoms with Crippen LogP contribution in [0.5, 0.6) is 0 Å². The summed E-state index contributed by atoms with van der Waals surface area (Å²) in [5.74, 6) is 0. The highest BCUT2D eigenvalue weighted by molar-refractivity contribution is 6.44. The van der Waals surface area contributed by atoms with Crippen molar-refractivity contribution in [1.82, 2.24) is 0 Å². The topological polar surface area (TPSA) is 55.4 Å². The first kappa shape index (κ1) is 13.0. The minimum atomic E-state index is 0.0648. The molecule has 0 aromatic rings. The molecule has 0 spiro atoms. The molecule has 0 N–H and O–H groups in total. The third-order valence-corrected chi connectivity index (χ3v) is 1.82. The monoisotopic (exact) mass is 216 g/mol. The zero-order valence-corrected chi connectivity index (χ0v) is 9.30. The van der Waals surface area contributed by atoms with Crippen molar-refractivity contribution < 1.29 is 27.9 Å². The van der Waals surface area contributed by atoms with Gasteiger partial charge in [0, 0.05) is 0 Å². The normalized spacial score (nSPS) is 22.2. The van der Waals surface area contributed by atoms with E-state index in [1.165, 1.54) is 0 Å². The smallest absolute Gasteiger partial charge is 0.389 e. The van der Waals surface area contributed by atoms with Crippen molar-refractivity contribution in [1.29, 1.82) is 0 Å². The molecule has 15 heavy (non-hydrogen) atoms. The minimum Gasteiger partial charge on any atom is -0.389 e. The van der Waals surface area contributed by atoms with Crippen molar-refractivity contribution in [2.24, 2.45) is 0 Å². The summed E-state index contributed by atoms with van der Waals surface area (Å²) < 4.78 is 28.3. The molecular formula is C6H15B3O6. The lowest BCUT2D eigenvalue weighted by molar-refractivity contribution is -0.00905.